The van der Waals surface area contributed by atoms with E-state index in [2.05, 4.69) is 10.6 Å². The molecule has 1 aliphatic rings. The normalized spacial score (nSPS) is 20.2. The third-order valence-corrected chi connectivity index (χ3v) is 1.63. The van der Waals surface area contributed by atoms with Crippen molar-refractivity contribution in [3.8, 4) is 0 Å². The monoisotopic (exact) mass is 155 g/mol. The molecule has 4 heteroatoms. The molecular formula is C7H13N3O. The summed E-state index contributed by atoms with van der Waals surface area (Å²) in [5.41, 5.74) is 4.58. The highest BCUT2D eigenvalue weighted by Crippen LogP contribution is 2.12. The highest BCUT2D eigenvalue weighted by Gasteiger charge is 2.15. The van der Waals surface area contributed by atoms with Gasteiger partial charge in [0.2, 0.25) is 0 Å². The van der Waals surface area contributed by atoms with Crippen molar-refractivity contribution >= 4 is 6.21 Å². The summed E-state index contributed by atoms with van der Waals surface area (Å²) >= 11 is 0. The molecule has 0 aliphatic carbocycles. The van der Waals surface area contributed by atoms with Crippen molar-refractivity contribution in [3.63, 3.8) is 0 Å². The maximum absolute atomic E-state index is 9.32. The van der Waals surface area contributed by atoms with Crippen LogP contribution in [0, 0.1) is 0 Å². The average Bonchev–Trinajstić information content (AvgIpc) is 1.85. The van der Waals surface area contributed by atoms with Crippen LogP contribution in [0.2, 0.25) is 0 Å². The van der Waals surface area contributed by atoms with Crippen LogP contribution in [0.1, 0.15) is 13.8 Å². The minimum absolute atomic E-state index is 0.459. The van der Waals surface area contributed by atoms with E-state index in [-0.39, 0.29) is 0 Å². The predicted octanol–water partition coefficient (Wildman–Crippen LogP) is 0.0770. The van der Waals surface area contributed by atoms with Crippen LogP contribution in [-0.2, 0) is 0 Å². The van der Waals surface area contributed by atoms with Crippen LogP contribution < -0.4 is 5.53 Å². The van der Waals surface area contributed by atoms with Gasteiger partial charge in [0.05, 0.1) is 18.0 Å². The Labute approximate surface area is 66.2 Å². The Hall–Kier alpha value is -1.03. The number of likely N-dealkylation sites (N-methyl/N-ethyl adjacent to an activating group) is 1. The lowest BCUT2D eigenvalue weighted by atomic mass is 10.1. The first kappa shape index (κ1) is 8.07. The summed E-state index contributed by atoms with van der Waals surface area (Å²) < 4.78 is 0. The number of hydrogen-bond donors (Lipinski definition) is 2. The summed E-state index contributed by atoms with van der Waals surface area (Å²) in [4.78, 5) is 0. The Morgan fingerprint density at radius 1 is 1.73 bits per heavy atom. The number of aliphatic hydroxyl groups excluding tert-OH is 1. The molecular weight excluding hydrogens is 142 g/mol. The molecule has 1 aliphatic heterocycles. The van der Waals surface area contributed by atoms with Crippen molar-refractivity contribution in [2.45, 2.75) is 20.0 Å². The number of hydrazone groups is 1. The van der Waals surface area contributed by atoms with E-state index in [1.807, 2.05) is 14.0 Å². The molecule has 1 unspecified atom stereocenters. The van der Waals surface area contributed by atoms with Crippen LogP contribution in [0.15, 0.2) is 16.4 Å². The lowest BCUT2D eigenvalue weighted by molar-refractivity contribution is 0.163. The van der Waals surface area contributed by atoms with Gasteiger partial charge in [-0.1, -0.05) is 0 Å². The maximum atomic E-state index is 9.32. The molecule has 0 radical (unpaired) electrons. The second-order valence-electron chi connectivity index (χ2n) is 2.66. The fourth-order valence-electron chi connectivity index (χ4n) is 1.21. The summed E-state index contributed by atoms with van der Waals surface area (Å²) in [5.74, 6) is 0. The van der Waals surface area contributed by atoms with Gasteiger partial charge in [-0.3, -0.25) is 5.01 Å². The van der Waals surface area contributed by atoms with E-state index in [1.54, 1.807) is 18.1 Å². The topological polar surface area (TPSA) is 47.9 Å². The standard InChI is InChI=1S/C7H13N3O/c1-5-4-8-9-10(3)7(5)6(2)11/h4,6,9,11H,1-3H3. The molecule has 0 fully saturated rings. The van der Waals surface area contributed by atoms with Gasteiger partial charge in [0.25, 0.3) is 0 Å². The van der Waals surface area contributed by atoms with E-state index in [4.69, 9.17) is 0 Å². The average molecular weight is 155 g/mol. The Morgan fingerprint density at radius 3 is 2.73 bits per heavy atom. The molecule has 0 spiro atoms. The quantitative estimate of drug-likeness (QED) is 0.563. The Morgan fingerprint density at radius 2 is 2.36 bits per heavy atom. The first-order chi connectivity index (χ1) is 5.13. The van der Waals surface area contributed by atoms with Crippen LogP contribution in [-0.4, -0.2) is 29.5 Å². The minimum atomic E-state index is -0.459. The van der Waals surface area contributed by atoms with Crippen molar-refractivity contribution in [2.75, 3.05) is 7.05 Å². The van der Waals surface area contributed by atoms with E-state index in [1.165, 1.54) is 0 Å². The predicted molar refractivity (Wildman–Crippen MR) is 43.8 cm³/mol. The van der Waals surface area contributed by atoms with Gasteiger partial charge >= 0.3 is 0 Å². The smallest absolute Gasteiger partial charge is 0.0930 e. The lowest BCUT2D eigenvalue weighted by Crippen LogP contribution is -2.37. The first-order valence-electron chi connectivity index (χ1n) is 3.54. The van der Waals surface area contributed by atoms with Crippen LogP contribution in [0.4, 0.5) is 0 Å². The number of nitrogens with zero attached hydrogens (tertiary/aromatic N) is 2. The van der Waals surface area contributed by atoms with Crippen molar-refractivity contribution in [3.05, 3.63) is 11.3 Å². The second kappa shape index (κ2) is 2.92. The van der Waals surface area contributed by atoms with E-state index in [0.29, 0.717) is 0 Å². The molecule has 1 rings (SSSR count). The fourth-order valence-corrected chi connectivity index (χ4v) is 1.21. The molecule has 0 aromatic rings. The molecule has 1 heterocycles. The Kier molecular flexibility index (Phi) is 2.14. The lowest BCUT2D eigenvalue weighted by Gasteiger charge is -2.27. The number of aliphatic hydroxyl groups is 1. The highest BCUT2D eigenvalue weighted by molar-refractivity contribution is 5.79. The van der Waals surface area contributed by atoms with Crippen molar-refractivity contribution in [1.29, 1.82) is 0 Å². The molecule has 11 heavy (non-hydrogen) atoms. The highest BCUT2D eigenvalue weighted by atomic mass is 16.3. The van der Waals surface area contributed by atoms with Gasteiger partial charge in [-0.25, -0.2) is 5.53 Å². The molecule has 4 nitrogen and oxygen atoms in total. The summed E-state index contributed by atoms with van der Waals surface area (Å²) in [6, 6.07) is 0. The van der Waals surface area contributed by atoms with Crippen LogP contribution in [0.25, 0.3) is 0 Å². The van der Waals surface area contributed by atoms with Gasteiger partial charge in [-0.05, 0) is 19.4 Å². The summed E-state index contributed by atoms with van der Waals surface area (Å²) in [5, 5.41) is 14.9. The van der Waals surface area contributed by atoms with Crippen molar-refractivity contribution in [1.82, 2.24) is 10.5 Å². The van der Waals surface area contributed by atoms with E-state index in [0.717, 1.165) is 11.3 Å². The summed E-state index contributed by atoms with van der Waals surface area (Å²) in [6.45, 7) is 3.65. The van der Waals surface area contributed by atoms with Crippen molar-refractivity contribution < 1.29 is 5.11 Å². The fraction of sp³-hybridized carbons (Fsp3) is 0.571. The van der Waals surface area contributed by atoms with E-state index in [9.17, 15) is 5.11 Å². The van der Waals surface area contributed by atoms with Gasteiger partial charge in [0, 0.05) is 7.05 Å². The Balaban J connectivity index is 2.91. The number of rotatable bonds is 1. The molecule has 0 amide bonds. The molecule has 0 saturated heterocycles. The summed E-state index contributed by atoms with van der Waals surface area (Å²) in [7, 11) is 1.82. The van der Waals surface area contributed by atoms with Gasteiger partial charge in [0.1, 0.15) is 0 Å². The van der Waals surface area contributed by atoms with Gasteiger partial charge in [-0.15, -0.1) is 0 Å². The largest absolute Gasteiger partial charge is 0.387 e. The van der Waals surface area contributed by atoms with Crippen molar-refractivity contribution in [2.24, 2.45) is 5.10 Å². The van der Waals surface area contributed by atoms with Gasteiger partial charge in [0.15, 0.2) is 0 Å². The SMILES string of the molecule is CC1=C(C(C)O)N(C)NN=C1. The molecule has 62 valence electrons. The van der Waals surface area contributed by atoms with E-state index < -0.39 is 6.10 Å². The first-order valence-corrected chi connectivity index (χ1v) is 3.54. The van der Waals surface area contributed by atoms with Crippen LogP contribution in [0.3, 0.4) is 0 Å². The molecule has 0 aromatic carbocycles. The minimum Gasteiger partial charge on any atom is -0.387 e. The third-order valence-electron chi connectivity index (χ3n) is 1.63. The molecule has 0 bridgehead atoms. The maximum Gasteiger partial charge on any atom is 0.0930 e. The van der Waals surface area contributed by atoms with E-state index >= 15 is 0 Å². The van der Waals surface area contributed by atoms with Gasteiger partial charge in [-0.2, -0.15) is 5.10 Å². The molecule has 1 atom stereocenters. The number of hydrazine groups is 1. The molecule has 0 saturated carbocycles. The number of nitrogens with one attached hydrogen (secondary N) is 1. The number of hydrogen-bond acceptors (Lipinski definition) is 4. The zero-order valence-electron chi connectivity index (χ0n) is 7.00. The second-order valence-corrected chi connectivity index (χ2v) is 2.66. The zero-order chi connectivity index (χ0) is 8.43. The third kappa shape index (κ3) is 1.51. The number of allylic oxidation sites excluding steroid dienone is 1. The molecule has 2 N–H and O–H groups in total. The van der Waals surface area contributed by atoms with Gasteiger partial charge < -0.3 is 5.11 Å². The van der Waals surface area contributed by atoms with Crippen LogP contribution in [0.5, 0.6) is 0 Å². The van der Waals surface area contributed by atoms with Crippen LogP contribution >= 0.6 is 0 Å². The Bertz CT molecular complexity index is 208. The molecule has 0 aromatic heterocycles. The zero-order valence-corrected chi connectivity index (χ0v) is 7.00. The summed E-state index contributed by atoms with van der Waals surface area (Å²) in [6.07, 6.45) is 1.24.